The van der Waals surface area contributed by atoms with Crippen molar-refractivity contribution in [1.82, 2.24) is 5.32 Å². The molecule has 0 heterocycles. The molecular weight excluding hydrogens is 350 g/mol. The summed E-state index contributed by atoms with van der Waals surface area (Å²) in [6, 6.07) is 8.55. The standard InChI is InChI=1S/C16H26BrNO2S/c1-12(2)18-11-15(9-10-21(19,20)13(3)4)14-5-7-16(17)8-6-14/h5-8,12-13,15,18H,9-11H2,1-4H3. The van der Waals surface area contributed by atoms with Gasteiger partial charge >= 0.3 is 0 Å². The zero-order valence-corrected chi connectivity index (χ0v) is 15.7. The molecular formula is C16H26BrNO2S. The van der Waals surface area contributed by atoms with E-state index >= 15 is 0 Å². The summed E-state index contributed by atoms with van der Waals surface area (Å²) in [5.74, 6) is 0.458. The van der Waals surface area contributed by atoms with E-state index in [1.807, 2.05) is 12.1 Å². The first-order valence-corrected chi connectivity index (χ1v) is 9.93. The van der Waals surface area contributed by atoms with E-state index in [1.165, 1.54) is 5.56 Å². The molecule has 1 N–H and O–H groups in total. The lowest BCUT2D eigenvalue weighted by atomic mass is 9.96. The summed E-state index contributed by atoms with van der Waals surface area (Å²) in [5.41, 5.74) is 1.19. The third-order valence-corrected chi connectivity index (χ3v) is 6.35. The quantitative estimate of drug-likeness (QED) is 0.752. The highest BCUT2D eigenvalue weighted by molar-refractivity contribution is 9.10. The second kappa shape index (κ2) is 8.30. The molecule has 0 saturated heterocycles. The molecule has 0 spiro atoms. The van der Waals surface area contributed by atoms with Crippen molar-refractivity contribution in [2.45, 2.75) is 51.3 Å². The first-order chi connectivity index (χ1) is 9.72. The summed E-state index contributed by atoms with van der Waals surface area (Å²) in [7, 11) is -2.99. The normalized spacial score (nSPS) is 13.9. The molecule has 0 aliphatic heterocycles. The van der Waals surface area contributed by atoms with Crippen molar-refractivity contribution in [3.63, 3.8) is 0 Å². The first-order valence-electron chi connectivity index (χ1n) is 7.42. The summed E-state index contributed by atoms with van der Waals surface area (Å²) in [4.78, 5) is 0. The Labute approximate surface area is 137 Å². The van der Waals surface area contributed by atoms with Crippen LogP contribution in [0.15, 0.2) is 28.7 Å². The molecule has 0 saturated carbocycles. The first kappa shape index (κ1) is 18.7. The predicted octanol–water partition coefficient (Wildman–Crippen LogP) is 3.74. The van der Waals surface area contributed by atoms with Crippen LogP contribution in [0, 0.1) is 0 Å². The van der Waals surface area contributed by atoms with Gasteiger partial charge in [0.1, 0.15) is 0 Å². The van der Waals surface area contributed by atoms with E-state index in [1.54, 1.807) is 13.8 Å². The van der Waals surface area contributed by atoms with Gasteiger partial charge in [-0.1, -0.05) is 41.9 Å². The molecule has 3 nitrogen and oxygen atoms in total. The van der Waals surface area contributed by atoms with Crippen molar-refractivity contribution in [3.05, 3.63) is 34.3 Å². The van der Waals surface area contributed by atoms with Gasteiger partial charge in [-0.15, -0.1) is 0 Å². The molecule has 120 valence electrons. The maximum absolute atomic E-state index is 12.0. The molecule has 1 aromatic rings. The zero-order valence-electron chi connectivity index (χ0n) is 13.3. The largest absolute Gasteiger partial charge is 0.314 e. The smallest absolute Gasteiger partial charge is 0.152 e. The van der Waals surface area contributed by atoms with Crippen molar-refractivity contribution in [3.8, 4) is 0 Å². The van der Waals surface area contributed by atoms with Crippen LogP contribution in [-0.2, 0) is 9.84 Å². The van der Waals surface area contributed by atoms with Gasteiger partial charge in [-0.3, -0.25) is 0 Å². The van der Waals surface area contributed by atoms with Gasteiger partial charge in [0.15, 0.2) is 9.84 Å². The zero-order chi connectivity index (χ0) is 16.0. The molecule has 1 rings (SSSR count). The van der Waals surface area contributed by atoms with E-state index in [-0.39, 0.29) is 16.9 Å². The van der Waals surface area contributed by atoms with Crippen LogP contribution in [0.4, 0.5) is 0 Å². The highest BCUT2D eigenvalue weighted by atomic mass is 79.9. The lowest BCUT2D eigenvalue weighted by Gasteiger charge is -2.20. The average molecular weight is 376 g/mol. The summed E-state index contributed by atoms with van der Waals surface area (Å²) in [6.07, 6.45) is 0.655. The molecule has 21 heavy (non-hydrogen) atoms. The summed E-state index contributed by atoms with van der Waals surface area (Å²) in [5, 5.41) is 3.11. The minimum atomic E-state index is -2.99. The van der Waals surface area contributed by atoms with Crippen LogP contribution in [0.2, 0.25) is 0 Å². The topological polar surface area (TPSA) is 46.2 Å². The third-order valence-electron chi connectivity index (χ3n) is 3.58. The number of hydrogen-bond acceptors (Lipinski definition) is 3. The van der Waals surface area contributed by atoms with Crippen LogP contribution in [0.25, 0.3) is 0 Å². The summed E-state index contributed by atoms with van der Waals surface area (Å²) in [6.45, 7) is 8.49. The van der Waals surface area contributed by atoms with Gasteiger partial charge in [0.2, 0.25) is 0 Å². The minimum absolute atomic E-state index is 0.217. The lowest BCUT2D eigenvalue weighted by Crippen LogP contribution is -2.29. The van der Waals surface area contributed by atoms with Crippen LogP contribution >= 0.6 is 15.9 Å². The fourth-order valence-corrected chi connectivity index (χ4v) is 3.39. The molecule has 0 aliphatic rings. The van der Waals surface area contributed by atoms with Crippen molar-refractivity contribution in [2.24, 2.45) is 0 Å². The molecule has 0 aromatic heterocycles. The average Bonchev–Trinajstić information content (AvgIpc) is 2.39. The van der Waals surface area contributed by atoms with Gasteiger partial charge in [0.25, 0.3) is 0 Å². The maximum atomic E-state index is 12.0. The Morgan fingerprint density at radius 3 is 2.14 bits per heavy atom. The monoisotopic (exact) mass is 375 g/mol. The second-order valence-electron chi connectivity index (χ2n) is 6.02. The van der Waals surface area contributed by atoms with Gasteiger partial charge in [-0.05, 0) is 43.9 Å². The van der Waals surface area contributed by atoms with Crippen molar-refractivity contribution in [2.75, 3.05) is 12.3 Å². The van der Waals surface area contributed by atoms with E-state index in [4.69, 9.17) is 0 Å². The molecule has 0 amide bonds. The maximum Gasteiger partial charge on any atom is 0.152 e. The summed E-state index contributed by atoms with van der Waals surface area (Å²) < 4.78 is 25.1. The van der Waals surface area contributed by atoms with Crippen LogP contribution in [0.3, 0.4) is 0 Å². The van der Waals surface area contributed by atoms with Gasteiger partial charge in [-0.2, -0.15) is 0 Å². The number of halogens is 1. The van der Waals surface area contributed by atoms with Gasteiger partial charge in [-0.25, -0.2) is 8.42 Å². The van der Waals surface area contributed by atoms with Crippen LogP contribution in [0.5, 0.6) is 0 Å². The fraction of sp³-hybridized carbons (Fsp3) is 0.625. The van der Waals surface area contributed by atoms with Crippen molar-refractivity contribution >= 4 is 25.8 Å². The van der Waals surface area contributed by atoms with Crippen LogP contribution in [-0.4, -0.2) is 32.0 Å². The van der Waals surface area contributed by atoms with Crippen LogP contribution < -0.4 is 5.32 Å². The molecule has 0 bridgehead atoms. The summed E-state index contributed by atoms with van der Waals surface area (Å²) >= 11 is 3.44. The molecule has 1 unspecified atom stereocenters. The van der Waals surface area contributed by atoms with E-state index in [9.17, 15) is 8.42 Å². The number of benzene rings is 1. The second-order valence-corrected chi connectivity index (χ2v) is 9.61. The highest BCUT2D eigenvalue weighted by Gasteiger charge is 2.20. The Balaban J connectivity index is 2.80. The molecule has 1 atom stereocenters. The third kappa shape index (κ3) is 6.49. The van der Waals surface area contributed by atoms with Gasteiger partial charge < -0.3 is 5.32 Å². The Kier molecular flexibility index (Phi) is 7.37. The predicted molar refractivity (Wildman–Crippen MR) is 93.6 cm³/mol. The number of sulfone groups is 1. The molecule has 0 radical (unpaired) electrons. The van der Waals surface area contributed by atoms with E-state index < -0.39 is 9.84 Å². The number of hydrogen-bond donors (Lipinski definition) is 1. The van der Waals surface area contributed by atoms with Crippen LogP contribution in [0.1, 0.15) is 45.6 Å². The molecule has 1 aromatic carbocycles. The van der Waals surface area contributed by atoms with E-state index in [2.05, 4.69) is 47.2 Å². The van der Waals surface area contributed by atoms with Gasteiger partial charge in [0.05, 0.1) is 11.0 Å². The SMILES string of the molecule is CC(C)NCC(CCS(=O)(=O)C(C)C)c1ccc(Br)cc1. The van der Waals surface area contributed by atoms with E-state index in [0.717, 1.165) is 11.0 Å². The van der Waals surface area contributed by atoms with Crippen molar-refractivity contribution in [1.29, 1.82) is 0 Å². The molecule has 5 heteroatoms. The Morgan fingerprint density at radius 2 is 1.67 bits per heavy atom. The Morgan fingerprint density at radius 1 is 1.10 bits per heavy atom. The Bertz CT molecular complexity index is 524. The minimum Gasteiger partial charge on any atom is -0.314 e. The van der Waals surface area contributed by atoms with E-state index in [0.29, 0.717) is 12.5 Å². The lowest BCUT2D eigenvalue weighted by molar-refractivity contribution is 0.516. The fourth-order valence-electron chi connectivity index (χ4n) is 2.04. The molecule has 0 aliphatic carbocycles. The highest BCUT2D eigenvalue weighted by Crippen LogP contribution is 2.23. The molecule has 0 fully saturated rings. The van der Waals surface area contributed by atoms with Crippen molar-refractivity contribution < 1.29 is 8.42 Å². The Hall–Kier alpha value is -0.390. The number of rotatable bonds is 8. The number of nitrogens with one attached hydrogen (secondary N) is 1. The van der Waals surface area contributed by atoms with Gasteiger partial charge in [0, 0.05) is 17.1 Å².